The normalized spacial score (nSPS) is 10.3. The number of aromatic nitrogens is 1. The van der Waals surface area contributed by atoms with Gasteiger partial charge in [0.1, 0.15) is 16.6 Å². The molecule has 0 saturated carbocycles. The number of nitrogens with one attached hydrogen (secondary N) is 1. The van der Waals surface area contributed by atoms with Gasteiger partial charge in [-0.3, -0.25) is 0 Å². The molecule has 1 N–H and O–H groups in total. The van der Waals surface area contributed by atoms with Crippen molar-refractivity contribution in [1.29, 1.82) is 0 Å². The van der Waals surface area contributed by atoms with Crippen LogP contribution >= 0.6 is 23.2 Å². The molecule has 100 valence electrons. The van der Waals surface area contributed by atoms with E-state index < -0.39 is 0 Å². The fourth-order valence-corrected chi connectivity index (χ4v) is 2.13. The van der Waals surface area contributed by atoms with Gasteiger partial charge in [-0.25, -0.2) is 0 Å². The van der Waals surface area contributed by atoms with Crippen molar-refractivity contribution in [3.05, 3.63) is 45.9 Å². The summed E-state index contributed by atoms with van der Waals surface area (Å²) in [5, 5.41) is 3.73. The zero-order valence-corrected chi connectivity index (χ0v) is 12.2. The van der Waals surface area contributed by atoms with Crippen molar-refractivity contribution in [2.24, 2.45) is 0 Å². The third kappa shape index (κ3) is 3.31. The predicted molar refractivity (Wildman–Crippen MR) is 79.7 cm³/mol. The highest BCUT2D eigenvalue weighted by Gasteiger charge is 2.10. The molecule has 0 radical (unpaired) electrons. The lowest BCUT2D eigenvalue weighted by Gasteiger charge is -2.10. The first kappa shape index (κ1) is 14.0. The van der Waals surface area contributed by atoms with Crippen LogP contribution in [0.15, 0.2) is 30.3 Å². The lowest BCUT2D eigenvalue weighted by atomic mass is 10.2. The van der Waals surface area contributed by atoms with Crippen LogP contribution in [0.4, 0.5) is 5.82 Å². The zero-order valence-electron chi connectivity index (χ0n) is 10.7. The van der Waals surface area contributed by atoms with Crippen LogP contribution in [0, 0.1) is 0 Å². The van der Waals surface area contributed by atoms with E-state index in [1.54, 1.807) is 13.1 Å². The number of benzene rings is 1. The van der Waals surface area contributed by atoms with Gasteiger partial charge in [-0.1, -0.05) is 42.3 Å². The number of hydrogen-bond donors (Lipinski definition) is 1. The van der Waals surface area contributed by atoms with Crippen LogP contribution in [-0.4, -0.2) is 12.0 Å². The summed E-state index contributed by atoms with van der Waals surface area (Å²) in [7, 11) is 1.74. The maximum Gasteiger partial charge on any atom is 0.240 e. The average Bonchev–Trinajstić information content (AvgIpc) is 2.42. The largest absolute Gasteiger partial charge is 0.437 e. The molecule has 2 rings (SSSR count). The van der Waals surface area contributed by atoms with Crippen LogP contribution in [0.5, 0.6) is 11.6 Å². The molecule has 0 unspecified atom stereocenters. The Kier molecular flexibility index (Phi) is 4.51. The average molecular weight is 297 g/mol. The summed E-state index contributed by atoms with van der Waals surface area (Å²) in [4.78, 5) is 4.24. The Labute approximate surface area is 122 Å². The molecule has 1 aromatic carbocycles. The Morgan fingerprint density at radius 3 is 2.68 bits per heavy atom. The Bertz CT molecular complexity index is 588. The number of halogens is 2. The van der Waals surface area contributed by atoms with Gasteiger partial charge in [0, 0.05) is 7.05 Å². The summed E-state index contributed by atoms with van der Waals surface area (Å²) < 4.78 is 5.71. The van der Waals surface area contributed by atoms with E-state index in [-0.39, 0.29) is 0 Å². The van der Waals surface area contributed by atoms with Crippen LogP contribution in [0.3, 0.4) is 0 Å². The van der Waals surface area contributed by atoms with Gasteiger partial charge < -0.3 is 10.1 Å². The Hall–Kier alpha value is -1.45. The standard InChI is InChI=1S/C14H14Cl2N2O/c1-3-9-5-4-6-10(7-9)19-14-12(16)8-11(15)13(17-2)18-14/h4-8H,3H2,1-2H3,(H,17,18). The second-order valence-electron chi connectivity index (χ2n) is 3.96. The maximum absolute atomic E-state index is 6.08. The summed E-state index contributed by atoms with van der Waals surface area (Å²) in [6, 6.07) is 9.43. The van der Waals surface area contributed by atoms with Crippen LogP contribution < -0.4 is 10.1 Å². The molecule has 5 heteroatoms. The molecule has 0 spiro atoms. The van der Waals surface area contributed by atoms with Crippen molar-refractivity contribution in [2.75, 3.05) is 12.4 Å². The number of hydrogen-bond acceptors (Lipinski definition) is 3. The second kappa shape index (κ2) is 6.13. The van der Waals surface area contributed by atoms with Crippen molar-refractivity contribution in [2.45, 2.75) is 13.3 Å². The highest BCUT2D eigenvalue weighted by molar-refractivity contribution is 6.36. The first-order valence-electron chi connectivity index (χ1n) is 5.94. The summed E-state index contributed by atoms with van der Waals surface area (Å²) in [6.07, 6.45) is 0.945. The number of rotatable bonds is 4. The van der Waals surface area contributed by atoms with Crippen molar-refractivity contribution >= 4 is 29.0 Å². The van der Waals surface area contributed by atoms with Crippen LogP contribution in [0.25, 0.3) is 0 Å². The summed E-state index contributed by atoms with van der Waals surface area (Å²) in [6.45, 7) is 2.09. The molecule has 0 bridgehead atoms. The van der Waals surface area contributed by atoms with Crippen LogP contribution in [-0.2, 0) is 6.42 Å². The second-order valence-corrected chi connectivity index (χ2v) is 4.77. The van der Waals surface area contributed by atoms with Gasteiger partial charge >= 0.3 is 0 Å². The molecule has 0 aliphatic rings. The first-order valence-corrected chi connectivity index (χ1v) is 6.70. The predicted octanol–water partition coefficient (Wildman–Crippen LogP) is 4.78. The fourth-order valence-electron chi connectivity index (χ4n) is 1.64. The topological polar surface area (TPSA) is 34.1 Å². The molecule has 0 aliphatic heterocycles. The minimum atomic E-state index is 0.337. The lowest BCUT2D eigenvalue weighted by molar-refractivity contribution is 0.463. The SMILES string of the molecule is CCc1cccc(Oc2nc(NC)c(Cl)cc2Cl)c1. The van der Waals surface area contributed by atoms with Gasteiger partial charge in [-0.05, 0) is 30.2 Å². The van der Waals surface area contributed by atoms with Gasteiger partial charge in [0.05, 0.1) is 5.02 Å². The Balaban J connectivity index is 2.32. The van der Waals surface area contributed by atoms with E-state index in [9.17, 15) is 0 Å². The number of nitrogens with zero attached hydrogens (tertiary/aromatic N) is 1. The minimum Gasteiger partial charge on any atom is -0.437 e. The van der Waals surface area contributed by atoms with Gasteiger partial charge in [-0.15, -0.1) is 0 Å². The van der Waals surface area contributed by atoms with Crippen molar-refractivity contribution in [3.8, 4) is 11.6 Å². The quantitative estimate of drug-likeness (QED) is 0.881. The molecule has 0 aliphatic carbocycles. The Morgan fingerprint density at radius 1 is 1.21 bits per heavy atom. The number of ether oxygens (including phenoxy) is 1. The summed E-state index contributed by atoms with van der Waals surface area (Å²) >= 11 is 12.1. The first-order chi connectivity index (χ1) is 9.13. The van der Waals surface area contributed by atoms with E-state index in [0.29, 0.717) is 27.5 Å². The lowest BCUT2D eigenvalue weighted by Crippen LogP contribution is -1.97. The van der Waals surface area contributed by atoms with E-state index in [1.807, 2.05) is 24.3 Å². The summed E-state index contributed by atoms with van der Waals surface area (Å²) in [5.41, 5.74) is 1.19. The van der Waals surface area contributed by atoms with Gasteiger partial charge in [0.25, 0.3) is 0 Å². The number of aryl methyl sites for hydroxylation is 1. The highest BCUT2D eigenvalue weighted by Crippen LogP contribution is 2.33. The molecule has 1 heterocycles. The van der Waals surface area contributed by atoms with Crippen LogP contribution in [0.2, 0.25) is 10.0 Å². The number of pyridine rings is 1. The van der Waals surface area contributed by atoms with E-state index in [1.165, 1.54) is 5.56 Å². The molecule has 3 nitrogen and oxygen atoms in total. The third-order valence-electron chi connectivity index (χ3n) is 2.66. The van der Waals surface area contributed by atoms with Gasteiger partial charge in [-0.2, -0.15) is 4.98 Å². The number of anilines is 1. The maximum atomic E-state index is 6.08. The fraction of sp³-hybridized carbons (Fsp3) is 0.214. The van der Waals surface area contributed by atoms with Crippen molar-refractivity contribution in [3.63, 3.8) is 0 Å². The van der Waals surface area contributed by atoms with Gasteiger partial charge in [0.2, 0.25) is 5.88 Å². The molecule has 2 aromatic rings. The summed E-state index contributed by atoms with van der Waals surface area (Å²) in [5.74, 6) is 1.58. The Morgan fingerprint density at radius 2 is 2.00 bits per heavy atom. The molecular weight excluding hydrogens is 283 g/mol. The monoisotopic (exact) mass is 296 g/mol. The molecule has 0 amide bonds. The van der Waals surface area contributed by atoms with Crippen molar-refractivity contribution < 1.29 is 4.74 Å². The van der Waals surface area contributed by atoms with Crippen molar-refractivity contribution in [1.82, 2.24) is 4.98 Å². The molecule has 0 atom stereocenters. The smallest absolute Gasteiger partial charge is 0.240 e. The third-order valence-corrected chi connectivity index (χ3v) is 3.21. The molecule has 0 saturated heterocycles. The highest BCUT2D eigenvalue weighted by atomic mass is 35.5. The molecule has 0 fully saturated rings. The van der Waals surface area contributed by atoms with E-state index in [4.69, 9.17) is 27.9 Å². The molecule has 19 heavy (non-hydrogen) atoms. The zero-order chi connectivity index (χ0) is 13.8. The van der Waals surface area contributed by atoms with E-state index >= 15 is 0 Å². The molecule has 1 aromatic heterocycles. The van der Waals surface area contributed by atoms with E-state index in [0.717, 1.165) is 6.42 Å². The van der Waals surface area contributed by atoms with Crippen LogP contribution in [0.1, 0.15) is 12.5 Å². The van der Waals surface area contributed by atoms with E-state index in [2.05, 4.69) is 17.2 Å². The van der Waals surface area contributed by atoms with Gasteiger partial charge in [0.15, 0.2) is 0 Å². The minimum absolute atomic E-state index is 0.337. The molecular formula is C14H14Cl2N2O.